The molecular weight excluding hydrogens is 252 g/mol. The summed E-state index contributed by atoms with van der Waals surface area (Å²) < 4.78 is 5.83. The normalized spacial score (nSPS) is 10.2. The monoisotopic (exact) mass is 258 g/mol. The van der Waals surface area contributed by atoms with E-state index in [2.05, 4.69) is 37.0 Å². The molecular formula is C8H7BrN2OS. The van der Waals surface area contributed by atoms with Crippen LogP contribution >= 0.6 is 27.3 Å². The summed E-state index contributed by atoms with van der Waals surface area (Å²) in [5.74, 6) is 0.768. The molecule has 2 aromatic rings. The van der Waals surface area contributed by atoms with Gasteiger partial charge in [0.25, 0.3) is 0 Å². The molecule has 0 radical (unpaired) electrons. The van der Waals surface area contributed by atoms with Crippen molar-refractivity contribution in [3.05, 3.63) is 33.1 Å². The molecule has 0 aromatic carbocycles. The minimum absolute atomic E-state index is 0.768. The van der Waals surface area contributed by atoms with Crippen LogP contribution in [0, 0.1) is 0 Å². The van der Waals surface area contributed by atoms with Gasteiger partial charge in [0.1, 0.15) is 6.26 Å². The lowest BCUT2D eigenvalue weighted by Gasteiger charge is -1.97. The maximum absolute atomic E-state index is 4.69. The molecule has 13 heavy (non-hydrogen) atoms. The van der Waals surface area contributed by atoms with E-state index in [4.69, 9.17) is 0 Å². The lowest BCUT2D eigenvalue weighted by molar-refractivity contribution is 0.422. The molecule has 0 atom stereocenters. The van der Waals surface area contributed by atoms with Gasteiger partial charge in [0.15, 0.2) is 5.82 Å². The van der Waals surface area contributed by atoms with Gasteiger partial charge in [-0.3, -0.25) is 0 Å². The first-order valence-corrected chi connectivity index (χ1v) is 5.34. The lowest BCUT2D eigenvalue weighted by atomic mass is 10.4. The summed E-state index contributed by atoms with van der Waals surface area (Å²) in [6.07, 6.45) is 1.55. The van der Waals surface area contributed by atoms with Gasteiger partial charge in [-0.1, -0.05) is 5.16 Å². The Morgan fingerprint density at radius 3 is 3.00 bits per heavy atom. The van der Waals surface area contributed by atoms with Crippen molar-refractivity contribution >= 4 is 33.1 Å². The minimum atomic E-state index is 0.768. The fourth-order valence-electron chi connectivity index (χ4n) is 0.928. The molecule has 0 fully saturated rings. The molecule has 0 amide bonds. The number of hydrogen-bond acceptors (Lipinski definition) is 4. The van der Waals surface area contributed by atoms with Gasteiger partial charge < -0.3 is 9.84 Å². The molecule has 0 unspecified atom stereocenters. The molecule has 2 heterocycles. The molecule has 5 heteroatoms. The Morgan fingerprint density at radius 1 is 1.46 bits per heavy atom. The Bertz CT molecular complexity index is 371. The van der Waals surface area contributed by atoms with Gasteiger partial charge in [0, 0.05) is 10.9 Å². The highest BCUT2D eigenvalue weighted by atomic mass is 79.9. The standard InChI is InChI=1S/C8H7BrN2OS/c9-7-2-1-6(13-7)5-10-8-3-4-12-11-8/h1-4H,5H2,(H,10,11). The fourth-order valence-corrected chi connectivity index (χ4v) is 2.35. The Balaban J connectivity index is 1.93. The number of anilines is 1. The van der Waals surface area contributed by atoms with E-state index in [1.807, 2.05) is 6.07 Å². The van der Waals surface area contributed by atoms with Crippen LogP contribution in [0.25, 0.3) is 0 Å². The average molecular weight is 259 g/mol. The van der Waals surface area contributed by atoms with E-state index in [9.17, 15) is 0 Å². The molecule has 1 N–H and O–H groups in total. The van der Waals surface area contributed by atoms with E-state index in [0.717, 1.165) is 16.1 Å². The van der Waals surface area contributed by atoms with Crippen LogP contribution in [-0.4, -0.2) is 5.16 Å². The van der Waals surface area contributed by atoms with Gasteiger partial charge in [0.2, 0.25) is 0 Å². The first-order chi connectivity index (χ1) is 6.34. The third-order valence-electron chi connectivity index (χ3n) is 1.51. The van der Waals surface area contributed by atoms with E-state index in [1.54, 1.807) is 23.7 Å². The zero-order chi connectivity index (χ0) is 9.10. The third kappa shape index (κ3) is 2.32. The van der Waals surface area contributed by atoms with Gasteiger partial charge in [-0.05, 0) is 28.1 Å². The minimum Gasteiger partial charge on any atom is -0.363 e. The van der Waals surface area contributed by atoms with Crippen molar-refractivity contribution in [1.82, 2.24) is 5.16 Å². The van der Waals surface area contributed by atoms with Crippen LogP contribution in [0.3, 0.4) is 0 Å². The van der Waals surface area contributed by atoms with Crippen molar-refractivity contribution < 1.29 is 4.52 Å². The van der Waals surface area contributed by atoms with Crippen LogP contribution in [0.4, 0.5) is 5.82 Å². The van der Waals surface area contributed by atoms with Crippen molar-refractivity contribution in [2.75, 3.05) is 5.32 Å². The van der Waals surface area contributed by atoms with Crippen LogP contribution < -0.4 is 5.32 Å². The second-order valence-electron chi connectivity index (χ2n) is 2.44. The van der Waals surface area contributed by atoms with E-state index in [0.29, 0.717) is 0 Å². The Kier molecular flexibility index (Phi) is 2.65. The van der Waals surface area contributed by atoms with Crippen LogP contribution in [0.5, 0.6) is 0 Å². The highest BCUT2D eigenvalue weighted by molar-refractivity contribution is 9.11. The van der Waals surface area contributed by atoms with Gasteiger partial charge in [-0.15, -0.1) is 11.3 Å². The first-order valence-electron chi connectivity index (χ1n) is 3.73. The molecule has 0 saturated heterocycles. The summed E-state index contributed by atoms with van der Waals surface area (Å²) in [7, 11) is 0. The fraction of sp³-hybridized carbons (Fsp3) is 0.125. The largest absolute Gasteiger partial charge is 0.363 e. The van der Waals surface area contributed by atoms with Crippen LogP contribution in [-0.2, 0) is 6.54 Å². The molecule has 2 aromatic heterocycles. The maximum Gasteiger partial charge on any atom is 0.169 e. The number of rotatable bonds is 3. The summed E-state index contributed by atoms with van der Waals surface area (Å²) in [5, 5.41) is 6.88. The van der Waals surface area contributed by atoms with Crippen molar-refractivity contribution in [3.8, 4) is 0 Å². The van der Waals surface area contributed by atoms with Crippen molar-refractivity contribution in [2.24, 2.45) is 0 Å². The highest BCUT2D eigenvalue weighted by Crippen LogP contribution is 2.22. The summed E-state index contributed by atoms with van der Waals surface area (Å²) in [6, 6.07) is 5.90. The lowest BCUT2D eigenvalue weighted by Crippen LogP contribution is -1.96. The quantitative estimate of drug-likeness (QED) is 0.920. The zero-order valence-corrected chi connectivity index (χ0v) is 9.06. The number of hydrogen-bond donors (Lipinski definition) is 1. The predicted molar refractivity (Wildman–Crippen MR) is 55.8 cm³/mol. The molecule has 0 spiro atoms. The number of halogens is 1. The average Bonchev–Trinajstić information content (AvgIpc) is 2.71. The van der Waals surface area contributed by atoms with E-state index in [-0.39, 0.29) is 0 Å². The summed E-state index contributed by atoms with van der Waals surface area (Å²) in [5.41, 5.74) is 0. The molecule has 0 saturated carbocycles. The predicted octanol–water partition coefficient (Wildman–Crippen LogP) is 3.11. The number of thiophene rings is 1. The van der Waals surface area contributed by atoms with Crippen LogP contribution in [0.15, 0.2) is 32.8 Å². The number of nitrogens with zero attached hydrogens (tertiary/aromatic N) is 1. The topological polar surface area (TPSA) is 38.1 Å². The van der Waals surface area contributed by atoms with Crippen molar-refractivity contribution in [3.63, 3.8) is 0 Å². The zero-order valence-electron chi connectivity index (χ0n) is 6.66. The van der Waals surface area contributed by atoms with Gasteiger partial charge >= 0.3 is 0 Å². The third-order valence-corrected chi connectivity index (χ3v) is 3.13. The SMILES string of the molecule is Brc1ccc(CNc2ccon2)s1. The van der Waals surface area contributed by atoms with Crippen molar-refractivity contribution in [1.29, 1.82) is 0 Å². The smallest absolute Gasteiger partial charge is 0.169 e. The van der Waals surface area contributed by atoms with Gasteiger partial charge in [-0.25, -0.2) is 0 Å². The van der Waals surface area contributed by atoms with E-state index in [1.165, 1.54) is 4.88 Å². The van der Waals surface area contributed by atoms with Crippen LogP contribution in [0.1, 0.15) is 4.88 Å². The van der Waals surface area contributed by atoms with E-state index < -0.39 is 0 Å². The van der Waals surface area contributed by atoms with Crippen molar-refractivity contribution in [2.45, 2.75) is 6.54 Å². The van der Waals surface area contributed by atoms with E-state index >= 15 is 0 Å². The molecule has 3 nitrogen and oxygen atoms in total. The first kappa shape index (κ1) is 8.77. The highest BCUT2D eigenvalue weighted by Gasteiger charge is 1.98. The summed E-state index contributed by atoms with van der Waals surface area (Å²) in [6.45, 7) is 0.781. The summed E-state index contributed by atoms with van der Waals surface area (Å²) >= 11 is 5.11. The number of nitrogens with one attached hydrogen (secondary N) is 1. The Hall–Kier alpha value is -0.810. The molecule has 0 aliphatic rings. The summed E-state index contributed by atoms with van der Waals surface area (Å²) in [4.78, 5) is 1.26. The van der Waals surface area contributed by atoms with Crippen LogP contribution in [0.2, 0.25) is 0 Å². The molecule has 2 rings (SSSR count). The molecule has 0 bridgehead atoms. The second-order valence-corrected chi connectivity index (χ2v) is 4.99. The van der Waals surface area contributed by atoms with Gasteiger partial charge in [0.05, 0.1) is 10.3 Å². The Labute approximate surface area is 87.9 Å². The Morgan fingerprint density at radius 2 is 2.38 bits per heavy atom. The molecule has 0 aliphatic carbocycles. The second kappa shape index (κ2) is 3.93. The molecule has 68 valence electrons. The maximum atomic E-state index is 4.69. The van der Waals surface area contributed by atoms with Gasteiger partial charge in [-0.2, -0.15) is 0 Å². The molecule has 0 aliphatic heterocycles. The number of aromatic nitrogens is 1.